The Morgan fingerprint density at radius 3 is 1.38 bits per heavy atom. The summed E-state index contributed by atoms with van der Waals surface area (Å²) in [7, 11) is -6.55. The van der Waals surface area contributed by atoms with Crippen LogP contribution in [-0.4, -0.2) is 77.4 Å². The molecule has 0 amide bonds. The molecule has 0 fully saturated rings. The Labute approximate surface area is 361 Å². The van der Waals surface area contributed by atoms with Gasteiger partial charge in [-0.15, -0.1) is 0 Å². The number of anilines is 2. The molecule has 0 saturated heterocycles. The summed E-state index contributed by atoms with van der Waals surface area (Å²) in [5, 5.41) is 29.0. The highest BCUT2D eigenvalue weighted by molar-refractivity contribution is 7.93. The summed E-state index contributed by atoms with van der Waals surface area (Å²) in [6.45, 7) is 0.510. The molecule has 0 radical (unpaired) electrons. The first-order valence-electron chi connectivity index (χ1n) is 18.5. The van der Waals surface area contributed by atoms with Crippen molar-refractivity contribution in [2.45, 2.75) is 9.79 Å². The molecular formula is C43H39N3O15S2. The van der Waals surface area contributed by atoms with Crippen LogP contribution in [0.1, 0.15) is 20.7 Å². The monoisotopic (exact) mass is 901 g/mol. The zero-order valence-electron chi connectivity index (χ0n) is 33.2. The number of carbonyl (C=O) groups is 2. The molecule has 18 nitrogen and oxygen atoms in total. The fraction of sp³-hybridized carbons (Fsp3) is 0.116. The fourth-order valence-electron chi connectivity index (χ4n) is 5.36. The van der Waals surface area contributed by atoms with E-state index >= 15 is 0 Å². The van der Waals surface area contributed by atoms with Crippen LogP contribution in [0.25, 0.3) is 0 Å². The van der Waals surface area contributed by atoms with E-state index in [1.54, 1.807) is 66.7 Å². The molecule has 6 aromatic carbocycles. The number of aromatic carboxylic acids is 2. The number of carboxylic acid groups (broad SMARTS) is 2. The summed E-state index contributed by atoms with van der Waals surface area (Å²) in [5.41, 5.74) is 0.163. The van der Waals surface area contributed by atoms with Gasteiger partial charge in [0.2, 0.25) is 0 Å². The first kappa shape index (κ1) is 46.2. The molecule has 0 unspecified atom stereocenters. The van der Waals surface area contributed by atoms with E-state index in [-0.39, 0.29) is 53.9 Å². The quantitative estimate of drug-likeness (QED) is 0.0335. The highest BCUT2D eigenvalue weighted by Gasteiger charge is 2.26. The molecule has 0 aliphatic carbocycles. The summed E-state index contributed by atoms with van der Waals surface area (Å²) in [4.78, 5) is 31.8. The van der Waals surface area contributed by atoms with E-state index in [0.717, 1.165) is 12.1 Å². The average Bonchev–Trinajstić information content (AvgIpc) is 3.28. The van der Waals surface area contributed by atoms with E-state index in [1.807, 2.05) is 0 Å². The Balaban J connectivity index is 0.000000238. The lowest BCUT2D eigenvalue weighted by molar-refractivity contribution is -0.387. The maximum atomic E-state index is 12.7. The molecule has 6 rings (SSSR count). The molecule has 6 aromatic rings. The van der Waals surface area contributed by atoms with Crippen molar-refractivity contribution in [3.05, 3.63) is 167 Å². The van der Waals surface area contributed by atoms with Gasteiger partial charge in [0.15, 0.2) is 4.90 Å². The van der Waals surface area contributed by atoms with Crippen LogP contribution in [-0.2, 0) is 20.0 Å². The van der Waals surface area contributed by atoms with Gasteiger partial charge in [-0.3, -0.25) is 19.6 Å². The van der Waals surface area contributed by atoms with Crippen molar-refractivity contribution in [1.29, 1.82) is 0 Å². The molecule has 0 aliphatic rings. The fourth-order valence-corrected chi connectivity index (χ4v) is 7.67. The predicted octanol–water partition coefficient (Wildman–Crippen LogP) is 7.20. The summed E-state index contributed by atoms with van der Waals surface area (Å²) in [6, 6.07) is 35.8. The molecule has 0 aliphatic heterocycles. The van der Waals surface area contributed by atoms with Gasteiger partial charge in [0.1, 0.15) is 55.2 Å². The molecule has 0 saturated carbocycles. The van der Waals surface area contributed by atoms with Crippen LogP contribution in [0.4, 0.5) is 17.1 Å². The van der Waals surface area contributed by atoms with Gasteiger partial charge in [-0.2, -0.15) is 0 Å². The SMILES string of the molecule is COc1ccc(S(=O)(=O)Nc2ccccc2OCCOc2ccc(C(=O)O)cc2)cc1.O=C(O)c1ccc(OCCOc2ccccc2NS(=O)(=O)c2ccccc2[N+](=O)[O-])cc1. The third kappa shape index (κ3) is 13.3. The number of hydrogen-bond acceptors (Lipinski definition) is 13. The van der Waals surface area contributed by atoms with E-state index < -0.39 is 47.5 Å². The van der Waals surface area contributed by atoms with Crippen LogP contribution in [0, 0.1) is 10.1 Å². The zero-order valence-corrected chi connectivity index (χ0v) is 34.8. The molecule has 0 spiro atoms. The van der Waals surface area contributed by atoms with Crippen molar-refractivity contribution in [2.24, 2.45) is 0 Å². The number of rotatable bonds is 20. The number of methoxy groups -OCH3 is 1. The van der Waals surface area contributed by atoms with Crippen molar-refractivity contribution < 1.29 is 65.2 Å². The Bertz CT molecular complexity index is 2730. The molecule has 0 heterocycles. The second-order valence-corrected chi connectivity index (χ2v) is 16.0. The van der Waals surface area contributed by atoms with Crippen LogP contribution in [0.2, 0.25) is 0 Å². The van der Waals surface area contributed by atoms with Gasteiger partial charge in [0.05, 0.1) is 39.4 Å². The largest absolute Gasteiger partial charge is 0.497 e. The lowest BCUT2D eigenvalue weighted by Gasteiger charge is -2.14. The molecule has 0 atom stereocenters. The number of carboxylic acids is 2. The number of nitro groups is 1. The smallest absolute Gasteiger partial charge is 0.335 e. The number of hydrogen-bond donors (Lipinski definition) is 4. The number of sulfonamides is 2. The third-order valence-electron chi connectivity index (χ3n) is 8.41. The minimum atomic E-state index is -4.25. The topological polar surface area (TPSA) is 256 Å². The molecule has 4 N–H and O–H groups in total. The Morgan fingerprint density at radius 1 is 0.540 bits per heavy atom. The highest BCUT2D eigenvalue weighted by atomic mass is 32.2. The van der Waals surface area contributed by atoms with Gasteiger partial charge in [-0.1, -0.05) is 36.4 Å². The van der Waals surface area contributed by atoms with Gasteiger partial charge in [-0.25, -0.2) is 26.4 Å². The van der Waals surface area contributed by atoms with Crippen molar-refractivity contribution in [1.82, 2.24) is 0 Å². The first-order valence-corrected chi connectivity index (χ1v) is 21.4. The molecule has 63 heavy (non-hydrogen) atoms. The lowest BCUT2D eigenvalue weighted by Crippen LogP contribution is -2.16. The van der Waals surface area contributed by atoms with E-state index in [9.17, 15) is 36.5 Å². The van der Waals surface area contributed by atoms with Gasteiger partial charge < -0.3 is 33.9 Å². The number of nitro benzene ring substituents is 1. The van der Waals surface area contributed by atoms with Crippen LogP contribution in [0.3, 0.4) is 0 Å². The molecule has 0 bridgehead atoms. The minimum absolute atomic E-state index is 0.0604. The average molecular weight is 902 g/mol. The van der Waals surface area contributed by atoms with Gasteiger partial charge in [0, 0.05) is 6.07 Å². The van der Waals surface area contributed by atoms with Crippen LogP contribution >= 0.6 is 0 Å². The van der Waals surface area contributed by atoms with E-state index in [4.69, 9.17) is 33.9 Å². The maximum absolute atomic E-state index is 12.7. The molecule has 0 aromatic heterocycles. The summed E-state index contributed by atoms with van der Waals surface area (Å²) in [6.07, 6.45) is 0. The number of benzene rings is 6. The van der Waals surface area contributed by atoms with E-state index in [1.165, 1.54) is 73.8 Å². The Morgan fingerprint density at radius 2 is 0.937 bits per heavy atom. The van der Waals surface area contributed by atoms with E-state index in [0.29, 0.717) is 28.7 Å². The third-order valence-corrected chi connectivity index (χ3v) is 11.2. The van der Waals surface area contributed by atoms with Crippen molar-refractivity contribution in [3.8, 4) is 28.7 Å². The van der Waals surface area contributed by atoms with Gasteiger partial charge >= 0.3 is 11.9 Å². The van der Waals surface area contributed by atoms with Crippen LogP contribution < -0.4 is 33.1 Å². The van der Waals surface area contributed by atoms with Crippen LogP contribution in [0.5, 0.6) is 28.7 Å². The van der Waals surface area contributed by atoms with Crippen molar-refractivity contribution in [2.75, 3.05) is 43.0 Å². The summed E-state index contributed by atoms with van der Waals surface area (Å²) < 4.78 is 83.0. The second-order valence-electron chi connectivity index (χ2n) is 12.7. The Hall–Kier alpha value is -7.84. The summed E-state index contributed by atoms with van der Waals surface area (Å²) >= 11 is 0. The van der Waals surface area contributed by atoms with Gasteiger partial charge in [-0.05, 0) is 103 Å². The summed E-state index contributed by atoms with van der Waals surface area (Å²) in [5.74, 6) is 0.0126. The number of nitrogens with zero attached hydrogens (tertiary/aromatic N) is 1. The second kappa shape index (κ2) is 21.6. The molecular weight excluding hydrogens is 863 g/mol. The van der Waals surface area contributed by atoms with Crippen molar-refractivity contribution >= 4 is 49.0 Å². The van der Waals surface area contributed by atoms with E-state index in [2.05, 4.69) is 9.44 Å². The van der Waals surface area contributed by atoms with Gasteiger partial charge in [0.25, 0.3) is 25.7 Å². The number of ether oxygens (including phenoxy) is 5. The maximum Gasteiger partial charge on any atom is 0.335 e. The predicted molar refractivity (Wildman–Crippen MR) is 229 cm³/mol. The lowest BCUT2D eigenvalue weighted by atomic mass is 10.2. The molecule has 328 valence electrons. The highest BCUT2D eigenvalue weighted by Crippen LogP contribution is 2.30. The molecule has 20 heteroatoms. The zero-order chi connectivity index (χ0) is 45.4. The van der Waals surface area contributed by atoms with Crippen molar-refractivity contribution in [3.63, 3.8) is 0 Å². The normalized spacial score (nSPS) is 10.9. The number of para-hydroxylation sites is 5. The minimum Gasteiger partial charge on any atom is -0.497 e. The standard InChI is InChI=1S/C22H21NO7S.C21H18N2O8S/c1-28-17-10-12-19(13-11-17)31(26,27)23-20-4-2-3-5-21(20)30-15-14-29-18-8-6-16(7-9-18)22(24)25;24-21(25)15-9-11-16(12-10-15)30-13-14-31-19-7-3-1-5-17(19)22-32(28,29)20-8-4-2-6-18(20)23(26)27/h2-13,23H,14-15H2,1H3,(H,24,25);1-12,22H,13-14H2,(H,24,25). The first-order chi connectivity index (χ1) is 30.2. The Kier molecular flexibility index (Phi) is 15.9. The van der Waals surface area contributed by atoms with Crippen LogP contribution in [0.15, 0.2) is 155 Å². The number of nitrogens with one attached hydrogen (secondary N) is 2.